The fourth-order valence-electron chi connectivity index (χ4n) is 2.92. The summed E-state index contributed by atoms with van der Waals surface area (Å²) in [6.45, 7) is 0.710. The fourth-order valence-corrected chi connectivity index (χ4v) is 4.50. The highest BCUT2D eigenvalue weighted by Crippen LogP contribution is 2.22. The van der Waals surface area contributed by atoms with E-state index in [4.69, 9.17) is 34.8 Å². The quantitative estimate of drug-likeness (QED) is 0.309. The molecule has 0 amide bonds. The zero-order valence-corrected chi connectivity index (χ0v) is 20.1. The van der Waals surface area contributed by atoms with Gasteiger partial charge in [0, 0.05) is 28.2 Å². The maximum atomic E-state index is 13.3. The van der Waals surface area contributed by atoms with Gasteiger partial charge in [0.15, 0.2) is 0 Å². The van der Waals surface area contributed by atoms with E-state index in [0.717, 1.165) is 15.2 Å². The van der Waals surface area contributed by atoms with Crippen molar-refractivity contribution >= 4 is 56.7 Å². The Morgan fingerprint density at radius 1 is 0.697 bits per heavy atom. The van der Waals surface area contributed by atoms with Gasteiger partial charge in [0.05, 0.1) is 4.90 Å². The van der Waals surface area contributed by atoms with E-state index in [1.165, 1.54) is 24.3 Å². The molecule has 1 aromatic heterocycles. The summed E-state index contributed by atoms with van der Waals surface area (Å²) >= 11 is 17.8. The molecule has 3 aromatic carbocycles. The number of hydrogen-bond acceptors (Lipinski definition) is 6. The van der Waals surface area contributed by atoms with Crippen LogP contribution in [0.5, 0.6) is 0 Å². The number of anilines is 2. The first-order chi connectivity index (χ1) is 15.8. The summed E-state index contributed by atoms with van der Waals surface area (Å²) in [6, 6.07) is 20.3. The van der Waals surface area contributed by atoms with Crippen LogP contribution < -0.4 is 10.6 Å². The van der Waals surface area contributed by atoms with Crippen LogP contribution in [-0.2, 0) is 23.1 Å². The van der Waals surface area contributed by atoms with E-state index in [9.17, 15) is 8.42 Å². The first-order valence-electron chi connectivity index (χ1n) is 9.76. The van der Waals surface area contributed by atoms with Crippen LogP contribution in [0.25, 0.3) is 0 Å². The van der Waals surface area contributed by atoms with Crippen molar-refractivity contribution in [2.24, 2.45) is 0 Å². The SMILES string of the molecule is O=S(=O)(c1ccc(Cl)cc1)n1nc(NCc2ccc(Cl)cc2)nc1NCc1ccc(Cl)cc1. The molecule has 0 aliphatic heterocycles. The third kappa shape index (κ3) is 5.78. The summed E-state index contributed by atoms with van der Waals surface area (Å²) in [5.41, 5.74) is 1.83. The molecule has 0 aliphatic rings. The van der Waals surface area contributed by atoms with Crippen LogP contribution in [0.3, 0.4) is 0 Å². The van der Waals surface area contributed by atoms with Crippen LogP contribution >= 0.6 is 34.8 Å². The smallest absolute Gasteiger partial charge is 0.286 e. The molecular formula is C22H18Cl3N5O2S. The molecule has 0 fully saturated rings. The minimum absolute atomic E-state index is 0.0376. The van der Waals surface area contributed by atoms with Crippen LogP contribution in [-0.4, -0.2) is 22.6 Å². The van der Waals surface area contributed by atoms with E-state index in [1.54, 1.807) is 24.3 Å². The molecule has 0 saturated heterocycles. The molecule has 7 nitrogen and oxygen atoms in total. The summed E-state index contributed by atoms with van der Waals surface area (Å²) in [7, 11) is -4.02. The Morgan fingerprint density at radius 3 is 1.67 bits per heavy atom. The largest absolute Gasteiger partial charge is 0.349 e. The van der Waals surface area contributed by atoms with Crippen molar-refractivity contribution < 1.29 is 8.42 Å². The number of nitrogens with one attached hydrogen (secondary N) is 2. The number of benzene rings is 3. The molecule has 0 saturated carbocycles. The van der Waals surface area contributed by atoms with Gasteiger partial charge in [-0.05, 0) is 59.7 Å². The lowest BCUT2D eigenvalue weighted by molar-refractivity contribution is 0.580. The van der Waals surface area contributed by atoms with Gasteiger partial charge in [-0.25, -0.2) is 0 Å². The van der Waals surface area contributed by atoms with E-state index >= 15 is 0 Å². The normalized spacial score (nSPS) is 11.4. The van der Waals surface area contributed by atoms with Gasteiger partial charge in [-0.1, -0.05) is 59.1 Å². The van der Waals surface area contributed by atoms with Gasteiger partial charge < -0.3 is 10.6 Å². The molecule has 170 valence electrons. The van der Waals surface area contributed by atoms with Crippen LogP contribution in [0.2, 0.25) is 15.1 Å². The van der Waals surface area contributed by atoms with Gasteiger partial charge in [-0.2, -0.15) is 13.4 Å². The Kier molecular flexibility index (Phi) is 7.09. The number of aromatic nitrogens is 3. The molecule has 0 bridgehead atoms. The van der Waals surface area contributed by atoms with E-state index in [-0.39, 0.29) is 16.8 Å². The predicted molar refractivity (Wildman–Crippen MR) is 132 cm³/mol. The summed E-state index contributed by atoms with van der Waals surface area (Å²) in [4.78, 5) is 4.39. The van der Waals surface area contributed by atoms with Crippen LogP contribution in [0, 0.1) is 0 Å². The monoisotopic (exact) mass is 521 g/mol. The van der Waals surface area contributed by atoms with Gasteiger partial charge in [-0.3, -0.25) is 0 Å². The Labute approximate surface area is 206 Å². The Balaban J connectivity index is 1.62. The Morgan fingerprint density at radius 2 is 1.15 bits per heavy atom. The van der Waals surface area contributed by atoms with Crippen molar-refractivity contribution in [3.8, 4) is 0 Å². The van der Waals surface area contributed by atoms with E-state index < -0.39 is 10.0 Å². The summed E-state index contributed by atoms with van der Waals surface area (Å²) in [5.74, 6) is 0.222. The highest BCUT2D eigenvalue weighted by atomic mass is 35.5. The maximum absolute atomic E-state index is 13.3. The molecule has 1 heterocycles. The Bertz CT molecular complexity index is 1340. The van der Waals surface area contributed by atoms with Crippen LogP contribution in [0.4, 0.5) is 11.9 Å². The van der Waals surface area contributed by atoms with Gasteiger partial charge in [0.1, 0.15) is 0 Å². The number of rotatable bonds is 8. The van der Waals surface area contributed by atoms with E-state index in [1.807, 2.05) is 24.3 Å². The van der Waals surface area contributed by atoms with Crippen molar-refractivity contribution in [1.82, 2.24) is 14.2 Å². The first-order valence-corrected chi connectivity index (χ1v) is 12.3. The van der Waals surface area contributed by atoms with Crippen LogP contribution in [0.15, 0.2) is 77.7 Å². The summed E-state index contributed by atoms with van der Waals surface area (Å²) < 4.78 is 27.4. The van der Waals surface area contributed by atoms with Gasteiger partial charge in [-0.15, -0.1) is 9.19 Å². The van der Waals surface area contributed by atoms with Crippen molar-refractivity contribution in [1.29, 1.82) is 0 Å². The molecule has 0 aliphatic carbocycles. The fraction of sp³-hybridized carbons (Fsp3) is 0.0909. The highest BCUT2D eigenvalue weighted by Gasteiger charge is 2.24. The molecule has 0 radical (unpaired) electrons. The van der Waals surface area contributed by atoms with Crippen molar-refractivity contribution in [3.63, 3.8) is 0 Å². The molecule has 0 unspecified atom stereocenters. The second-order valence-electron chi connectivity index (χ2n) is 7.02. The third-order valence-electron chi connectivity index (χ3n) is 4.65. The number of hydrogen-bond donors (Lipinski definition) is 2. The second-order valence-corrected chi connectivity index (χ2v) is 10.1. The van der Waals surface area contributed by atoms with Gasteiger partial charge in [0.25, 0.3) is 10.0 Å². The molecule has 33 heavy (non-hydrogen) atoms. The molecule has 2 N–H and O–H groups in total. The molecule has 4 rings (SSSR count). The second kappa shape index (κ2) is 10.0. The summed E-state index contributed by atoms with van der Waals surface area (Å²) in [5, 5.41) is 12.0. The van der Waals surface area contributed by atoms with E-state index in [2.05, 4.69) is 20.7 Å². The molecular weight excluding hydrogens is 505 g/mol. The highest BCUT2D eigenvalue weighted by molar-refractivity contribution is 7.90. The molecule has 0 spiro atoms. The molecule has 4 aromatic rings. The number of nitrogens with zero attached hydrogens (tertiary/aromatic N) is 3. The minimum Gasteiger partial charge on any atom is -0.349 e. The molecule has 0 atom stereocenters. The number of halogens is 3. The lowest BCUT2D eigenvalue weighted by Crippen LogP contribution is -2.18. The topological polar surface area (TPSA) is 88.9 Å². The summed E-state index contributed by atoms with van der Waals surface area (Å²) in [6.07, 6.45) is 0. The van der Waals surface area contributed by atoms with Crippen LogP contribution in [0.1, 0.15) is 11.1 Å². The Hall–Kier alpha value is -2.78. The third-order valence-corrected chi connectivity index (χ3v) is 6.98. The first kappa shape index (κ1) is 23.4. The average molecular weight is 523 g/mol. The van der Waals surface area contributed by atoms with Gasteiger partial charge >= 0.3 is 0 Å². The van der Waals surface area contributed by atoms with Gasteiger partial charge in [0.2, 0.25) is 11.9 Å². The molecule has 11 heteroatoms. The predicted octanol–water partition coefficient (Wildman–Crippen LogP) is 5.70. The average Bonchev–Trinajstić information content (AvgIpc) is 3.23. The standard InChI is InChI=1S/C22H18Cl3N5O2S/c23-17-5-1-15(2-6-17)13-26-21-28-22(27-14-16-3-7-18(24)8-4-16)30(29-21)33(31,32)20-11-9-19(25)10-12-20/h1-12H,13-14H2,(H2,26,27,28,29). The lowest BCUT2D eigenvalue weighted by atomic mass is 10.2. The lowest BCUT2D eigenvalue weighted by Gasteiger charge is -2.09. The van der Waals surface area contributed by atoms with Crippen molar-refractivity contribution in [2.75, 3.05) is 10.6 Å². The van der Waals surface area contributed by atoms with Crippen molar-refractivity contribution in [2.45, 2.75) is 18.0 Å². The zero-order chi connectivity index (χ0) is 23.4. The minimum atomic E-state index is -4.02. The zero-order valence-electron chi connectivity index (χ0n) is 17.0. The maximum Gasteiger partial charge on any atom is 0.286 e. The van der Waals surface area contributed by atoms with E-state index in [0.29, 0.717) is 28.2 Å². The van der Waals surface area contributed by atoms with Crippen molar-refractivity contribution in [3.05, 3.63) is 99.0 Å².